The van der Waals surface area contributed by atoms with Crippen LogP contribution in [0.5, 0.6) is 5.75 Å². The number of aromatic nitrogens is 4. The van der Waals surface area contributed by atoms with E-state index in [0.29, 0.717) is 11.0 Å². The maximum Gasteiger partial charge on any atom is 0.154 e. The molecule has 5 nitrogen and oxygen atoms in total. The Morgan fingerprint density at radius 3 is 2.65 bits per heavy atom. The van der Waals surface area contributed by atoms with Crippen molar-refractivity contribution in [2.45, 2.75) is 0 Å². The molecule has 0 saturated carbocycles. The zero-order valence-electron chi connectivity index (χ0n) is 10.3. The molecule has 4 aromatic rings. The number of halogens is 1. The van der Waals surface area contributed by atoms with Crippen LogP contribution in [0.15, 0.2) is 48.7 Å². The second-order valence-corrected chi connectivity index (χ2v) is 4.56. The topological polar surface area (TPSA) is 77.6 Å². The third-order valence-electron chi connectivity index (χ3n) is 2.86. The van der Waals surface area contributed by atoms with Gasteiger partial charge in [-0.3, -0.25) is 0 Å². The number of nitrogens with one attached hydrogen (secondary N) is 2. The van der Waals surface area contributed by atoms with Gasteiger partial charge in [-0.2, -0.15) is 15.4 Å². The molecule has 2 aromatic heterocycles. The molecule has 100 valence electrons. The van der Waals surface area contributed by atoms with Gasteiger partial charge in [0.1, 0.15) is 11.3 Å². The minimum absolute atomic E-state index is 0.159. The van der Waals surface area contributed by atoms with Gasteiger partial charge in [0.2, 0.25) is 0 Å². The number of phenols is 1. The summed E-state index contributed by atoms with van der Waals surface area (Å²) in [7, 11) is 0. The van der Waals surface area contributed by atoms with Gasteiger partial charge in [-0.25, -0.2) is 0 Å². The minimum atomic E-state index is 0.159. The fraction of sp³-hybridized carbons (Fsp3) is 0. The molecule has 0 saturated heterocycles. The number of aromatic amines is 2. The number of benzene rings is 2. The Bertz CT molecular complexity index is 780. The van der Waals surface area contributed by atoms with E-state index in [4.69, 9.17) is 16.7 Å². The summed E-state index contributed by atoms with van der Waals surface area (Å²) in [6.45, 7) is 0. The summed E-state index contributed by atoms with van der Waals surface area (Å²) in [4.78, 5) is 3.06. The van der Waals surface area contributed by atoms with Crippen LogP contribution in [0.25, 0.3) is 21.9 Å². The molecule has 0 aliphatic heterocycles. The largest absolute Gasteiger partial charge is 0.506 e. The molecule has 3 N–H and O–H groups in total. The van der Waals surface area contributed by atoms with Gasteiger partial charge in [0.15, 0.2) is 5.52 Å². The third kappa shape index (κ3) is 2.31. The van der Waals surface area contributed by atoms with Gasteiger partial charge in [-0.15, -0.1) is 0 Å². The molecule has 2 heterocycles. The second kappa shape index (κ2) is 5.22. The van der Waals surface area contributed by atoms with E-state index in [2.05, 4.69) is 20.4 Å². The number of para-hydroxylation sites is 2. The maximum atomic E-state index is 9.14. The van der Waals surface area contributed by atoms with Crippen molar-refractivity contribution >= 4 is 33.5 Å². The molecule has 20 heavy (non-hydrogen) atoms. The average molecular weight is 287 g/mol. The van der Waals surface area contributed by atoms with Crippen molar-refractivity contribution in [3.63, 3.8) is 0 Å². The molecule has 0 fully saturated rings. The van der Waals surface area contributed by atoms with E-state index in [-0.39, 0.29) is 5.75 Å². The lowest BCUT2D eigenvalue weighted by molar-refractivity contribution is 0.480. The molecular weight excluding hydrogens is 276 g/mol. The van der Waals surface area contributed by atoms with Crippen molar-refractivity contribution in [3.05, 3.63) is 53.7 Å². The number of phenolic OH excluding ortho intramolecular Hbond substituents is 1. The van der Waals surface area contributed by atoms with Crippen LogP contribution < -0.4 is 0 Å². The SMILES string of the molecule is Clc1cccc2cc[nH]c12.Oc1cccc2n[nH]nc12. The molecule has 4 rings (SSSR count). The lowest BCUT2D eigenvalue weighted by atomic mass is 10.2. The highest BCUT2D eigenvalue weighted by atomic mass is 35.5. The van der Waals surface area contributed by atoms with Crippen LogP contribution in [-0.4, -0.2) is 25.5 Å². The molecule has 0 aliphatic rings. The summed E-state index contributed by atoms with van der Waals surface area (Å²) in [5.41, 5.74) is 2.21. The molecule has 0 radical (unpaired) electrons. The number of hydrogen-bond donors (Lipinski definition) is 3. The molecule has 0 unspecified atom stereocenters. The van der Waals surface area contributed by atoms with Crippen LogP contribution in [0.4, 0.5) is 0 Å². The van der Waals surface area contributed by atoms with E-state index in [0.717, 1.165) is 15.9 Å². The summed E-state index contributed by atoms with van der Waals surface area (Å²) in [6, 6.07) is 12.9. The summed E-state index contributed by atoms with van der Waals surface area (Å²) >= 11 is 5.87. The van der Waals surface area contributed by atoms with E-state index in [9.17, 15) is 0 Å². The highest BCUT2D eigenvalue weighted by molar-refractivity contribution is 6.35. The minimum Gasteiger partial charge on any atom is -0.506 e. The third-order valence-corrected chi connectivity index (χ3v) is 3.18. The van der Waals surface area contributed by atoms with Gasteiger partial charge in [0.05, 0.1) is 10.5 Å². The first-order valence-electron chi connectivity index (χ1n) is 5.96. The fourth-order valence-electron chi connectivity index (χ4n) is 1.90. The Hall–Kier alpha value is -2.53. The van der Waals surface area contributed by atoms with Crippen molar-refractivity contribution in [1.82, 2.24) is 20.4 Å². The predicted octanol–water partition coefficient (Wildman–Crippen LogP) is 3.48. The van der Waals surface area contributed by atoms with Gasteiger partial charge >= 0.3 is 0 Å². The number of fused-ring (bicyclic) bond motifs is 2. The Labute approximate surface area is 119 Å². The van der Waals surface area contributed by atoms with Gasteiger partial charge in [-0.1, -0.05) is 29.8 Å². The standard InChI is InChI=1S/C8H6ClN.C6H5N3O/c9-7-3-1-2-6-4-5-10-8(6)7;10-5-3-1-2-4-6(5)8-9-7-4/h1-5,10H;1-3,10H,(H,7,8,9). The smallest absolute Gasteiger partial charge is 0.154 e. The molecule has 0 aliphatic carbocycles. The first-order valence-corrected chi connectivity index (χ1v) is 6.33. The number of nitrogens with zero attached hydrogens (tertiary/aromatic N) is 2. The van der Waals surface area contributed by atoms with Gasteiger partial charge in [0.25, 0.3) is 0 Å². The highest BCUT2D eigenvalue weighted by Gasteiger charge is 2.00. The number of hydrogen-bond acceptors (Lipinski definition) is 3. The first kappa shape index (κ1) is 12.5. The molecule has 0 spiro atoms. The van der Waals surface area contributed by atoms with Gasteiger partial charge in [0, 0.05) is 11.6 Å². The van der Waals surface area contributed by atoms with Crippen LogP contribution in [0.3, 0.4) is 0 Å². The van der Waals surface area contributed by atoms with Crippen molar-refractivity contribution in [2.24, 2.45) is 0 Å². The Balaban J connectivity index is 0.000000121. The average Bonchev–Trinajstić information content (AvgIpc) is 3.08. The number of rotatable bonds is 0. The van der Waals surface area contributed by atoms with Crippen molar-refractivity contribution < 1.29 is 5.11 Å². The second-order valence-electron chi connectivity index (χ2n) is 4.15. The van der Waals surface area contributed by atoms with Gasteiger partial charge < -0.3 is 10.1 Å². The predicted molar refractivity (Wildman–Crippen MR) is 78.9 cm³/mol. The number of aromatic hydroxyl groups is 1. The normalized spacial score (nSPS) is 10.4. The van der Waals surface area contributed by atoms with Crippen LogP contribution >= 0.6 is 11.6 Å². The van der Waals surface area contributed by atoms with E-state index < -0.39 is 0 Å². The Morgan fingerprint density at radius 1 is 1.00 bits per heavy atom. The van der Waals surface area contributed by atoms with E-state index >= 15 is 0 Å². The van der Waals surface area contributed by atoms with Crippen molar-refractivity contribution in [2.75, 3.05) is 0 Å². The Morgan fingerprint density at radius 2 is 1.85 bits per heavy atom. The Kier molecular flexibility index (Phi) is 3.26. The van der Waals surface area contributed by atoms with Crippen LogP contribution in [0.2, 0.25) is 5.02 Å². The monoisotopic (exact) mass is 286 g/mol. The van der Waals surface area contributed by atoms with E-state index in [1.165, 1.54) is 0 Å². The lowest BCUT2D eigenvalue weighted by Crippen LogP contribution is -1.68. The summed E-state index contributed by atoms with van der Waals surface area (Å²) in [5.74, 6) is 0.159. The molecule has 0 bridgehead atoms. The molecule has 2 aromatic carbocycles. The van der Waals surface area contributed by atoms with Crippen molar-refractivity contribution in [3.8, 4) is 5.75 Å². The van der Waals surface area contributed by atoms with E-state index in [1.807, 2.05) is 30.5 Å². The van der Waals surface area contributed by atoms with E-state index in [1.54, 1.807) is 18.2 Å². The van der Waals surface area contributed by atoms with Crippen LogP contribution in [0, 0.1) is 0 Å². The zero-order valence-corrected chi connectivity index (χ0v) is 11.1. The number of H-pyrrole nitrogens is 2. The van der Waals surface area contributed by atoms with Crippen molar-refractivity contribution in [1.29, 1.82) is 0 Å². The van der Waals surface area contributed by atoms with Crippen LogP contribution in [-0.2, 0) is 0 Å². The zero-order chi connectivity index (χ0) is 13.9. The lowest BCUT2D eigenvalue weighted by Gasteiger charge is -1.90. The quantitative estimate of drug-likeness (QED) is 0.463. The first-order chi connectivity index (χ1) is 9.75. The summed E-state index contributed by atoms with van der Waals surface area (Å²) in [5, 5.41) is 21.0. The molecular formula is C14H11ClN4O. The maximum absolute atomic E-state index is 9.14. The summed E-state index contributed by atoms with van der Waals surface area (Å²) < 4.78 is 0. The molecule has 0 atom stereocenters. The highest BCUT2D eigenvalue weighted by Crippen LogP contribution is 2.20. The summed E-state index contributed by atoms with van der Waals surface area (Å²) in [6.07, 6.45) is 1.89. The molecule has 6 heteroatoms. The van der Waals surface area contributed by atoms with Gasteiger partial charge in [-0.05, 0) is 24.3 Å². The fourth-order valence-corrected chi connectivity index (χ4v) is 2.14. The van der Waals surface area contributed by atoms with Crippen LogP contribution in [0.1, 0.15) is 0 Å². The molecule has 0 amide bonds.